The van der Waals surface area contributed by atoms with Crippen LogP contribution in [-0.2, 0) is 0 Å². The Kier molecular flexibility index (Phi) is 4.52. The first-order valence-corrected chi connectivity index (χ1v) is 5.79. The van der Waals surface area contributed by atoms with Crippen LogP contribution in [-0.4, -0.2) is 28.3 Å². The minimum Gasteiger partial charge on any atom is -0.508 e. The molecular weight excluding hydrogens is 218 g/mol. The van der Waals surface area contributed by atoms with Gasteiger partial charge in [-0.15, -0.1) is 0 Å². The molecule has 0 aromatic heterocycles. The molecule has 0 aliphatic rings. The van der Waals surface area contributed by atoms with Crippen molar-refractivity contribution in [2.24, 2.45) is 0 Å². The third-order valence-corrected chi connectivity index (χ3v) is 3.14. The van der Waals surface area contributed by atoms with E-state index in [1.54, 1.807) is 12.1 Å². The smallest absolute Gasteiger partial charge is 0.251 e. The van der Waals surface area contributed by atoms with Crippen LogP contribution in [0.1, 0.15) is 37.0 Å². The molecule has 94 valence electrons. The predicted molar refractivity (Wildman–Crippen MR) is 66.0 cm³/mol. The van der Waals surface area contributed by atoms with E-state index in [0.29, 0.717) is 18.4 Å². The maximum atomic E-state index is 12.0. The van der Waals surface area contributed by atoms with Gasteiger partial charge in [-0.3, -0.25) is 4.79 Å². The number of aromatic hydroxyl groups is 1. The maximum absolute atomic E-state index is 12.0. The first-order chi connectivity index (χ1) is 8.06. The van der Waals surface area contributed by atoms with Gasteiger partial charge in [-0.05, 0) is 31.0 Å². The van der Waals surface area contributed by atoms with Gasteiger partial charge in [-0.25, -0.2) is 0 Å². The van der Waals surface area contributed by atoms with Crippen LogP contribution in [0.15, 0.2) is 24.3 Å². The molecule has 1 rings (SSSR count). The second-order valence-corrected chi connectivity index (χ2v) is 4.15. The first kappa shape index (κ1) is 13.5. The molecule has 3 N–H and O–H groups in total. The number of aliphatic hydroxyl groups is 1. The Labute approximate surface area is 101 Å². The lowest BCUT2D eigenvalue weighted by Gasteiger charge is -2.30. The number of benzene rings is 1. The Balaban J connectivity index is 2.84. The van der Waals surface area contributed by atoms with Crippen molar-refractivity contribution in [3.8, 4) is 5.75 Å². The van der Waals surface area contributed by atoms with Gasteiger partial charge >= 0.3 is 0 Å². The van der Waals surface area contributed by atoms with Gasteiger partial charge in [-0.2, -0.15) is 0 Å². The number of carbonyl (C=O) groups excluding carboxylic acids is 1. The van der Waals surface area contributed by atoms with Crippen LogP contribution in [0.25, 0.3) is 0 Å². The molecule has 0 saturated carbocycles. The number of amides is 1. The highest BCUT2D eigenvalue weighted by molar-refractivity contribution is 5.95. The summed E-state index contributed by atoms with van der Waals surface area (Å²) in [5.74, 6) is -0.223. The summed E-state index contributed by atoms with van der Waals surface area (Å²) in [5, 5.41) is 21.5. The number of rotatable bonds is 5. The fourth-order valence-corrected chi connectivity index (χ4v) is 1.65. The highest BCUT2D eigenvalue weighted by atomic mass is 16.3. The summed E-state index contributed by atoms with van der Waals surface area (Å²) in [6.07, 6.45) is 1.31. The zero-order chi connectivity index (χ0) is 12.9. The van der Waals surface area contributed by atoms with Gasteiger partial charge in [-0.1, -0.05) is 19.9 Å². The first-order valence-electron chi connectivity index (χ1n) is 5.79. The second-order valence-electron chi connectivity index (χ2n) is 4.15. The third-order valence-electron chi connectivity index (χ3n) is 3.14. The summed E-state index contributed by atoms with van der Waals surface area (Å²) >= 11 is 0. The molecule has 0 spiro atoms. The predicted octanol–water partition coefficient (Wildman–Crippen LogP) is 1.67. The molecular formula is C13H19NO3. The Morgan fingerprint density at radius 1 is 1.35 bits per heavy atom. The number of phenols is 1. The van der Waals surface area contributed by atoms with Crippen LogP contribution < -0.4 is 5.32 Å². The van der Waals surface area contributed by atoms with Crippen molar-refractivity contribution in [2.45, 2.75) is 32.2 Å². The normalized spacial score (nSPS) is 11.2. The summed E-state index contributed by atoms with van der Waals surface area (Å²) < 4.78 is 0. The summed E-state index contributed by atoms with van der Waals surface area (Å²) in [6, 6.07) is 6.16. The van der Waals surface area contributed by atoms with Gasteiger partial charge in [0.25, 0.3) is 5.91 Å². The van der Waals surface area contributed by atoms with E-state index in [1.807, 2.05) is 13.8 Å². The topological polar surface area (TPSA) is 69.6 Å². The maximum Gasteiger partial charge on any atom is 0.251 e. The van der Waals surface area contributed by atoms with Crippen LogP contribution in [0.5, 0.6) is 5.75 Å². The standard InChI is InChI=1S/C13H19NO3/c1-3-13(4-2,9-15)14-12(17)10-6-5-7-11(16)8-10/h5-8,15-16H,3-4,9H2,1-2H3,(H,14,17). The summed E-state index contributed by atoms with van der Waals surface area (Å²) in [7, 11) is 0. The molecule has 0 aliphatic heterocycles. The highest BCUT2D eigenvalue weighted by Crippen LogP contribution is 2.17. The van der Waals surface area contributed by atoms with Crippen molar-refractivity contribution in [3.05, 3.63) is 29.8 Å². The highest BCUT2D eigenvalue weighted by Gasteiger charge is 2.27. The van der Waals surface area contributed by atoms with Crippen LogP contribution in [0.4, 0.5) is 0 Å². The molecule has 0 unspecified atom stereocenters. The molecule has 1 aromatic rings. The fraction of sp³-hybridized carbons (Fsp3) is 0.462. The van der Waals surface area contributed by atoms with Crippen molar-refractivity contribution in [1.82, 2.24) is 5.32 Å². The number of phenolic OH excluding ortho intramolecular Hbond substituents is 1. The number of hydrogen-bond acceptors (Lipinski definition) is 3. The Bertz CT molecular complexity index is 378. The average molecular weight is 237 g/mol. The molecule has 0 bridgehead atoms. The van der Waals surface area contributed by atoms with Crippen molar-refractivity contribution >= 4 is 5.91 Å². The molecule has 0 saturated heterocycles. The van der Waals surface area contributed by atoms with Crippen LogP contribution in [0.2, 0.25) is 0 Å². The molecule has 0 heterocycles. The quantitative estimate of drug-likeness (QED) is 0.729. The van der Waals surface area contributed by atoms with Crippen LogP contribution in [0, 0.1) is 0 Å². The lowest BCUT2D eigenvalue weighted by Crippen LogP contribution is -2.50. The number of nitrogens with one attached hydrogen (secondary N) is 1. The largest absolute Gasteiger partial charge is 0.508 e. The Morgan fingerprint density at radius 2 is 2.00 bits per heavy atom. The lowest BCUT2D eigenvalue weighted by molar-refractivity contribution is 0.0817. The van der Waals surface area contributed by atoms with Crippen LogP contribution in [0.3, 0.4) is 0 Å². The third kappa shape index (κ3) is 3.20. The molecule has 1 amide bonds. The van der Waals surface area contributed by atoms with Crippen molar-refractivity contribution in [1.29, 1.82) is 0 Å². The van der Waals surface area contributed by atoms with E-state index >= 15 is 0 Å². The number of hydrogen-bond donors (Lipinski definition) is 3. The zero-order valence-electron chi connectivity index (χ0n) is 10.2. The van der Waals surface area contributed by atoms with Gasteiger partial charge in [0.15, 0.2) is 0 Å². The lowest BCUT2D eigenvalue weighted by atomic mass is 9.93. The molecule has 0 radical (unpaired) electrons. The zero-order valence-corrected chi connectivity index (χ0v) is 10.2. The SMILES string of the molecule is CCC(CC)(CO)NC(=O)c1cccc(O)c1. The number of carbonyl (C=O) groups is 1. The Hall–Kier alpha value is -1.55. The minimum atomic E-state index is -0.581. The summed E-state index contributed by atoms with van der Waals surface area (Å²) in [4.78, 5) is 12.0. The Morgan fingerprint density at radius 3 is 2.47 bits per heavy atom. The van der Waals surface area contributed by atoms with Crippen molar-refractivity contribution < 1.29 is 15.0 Å². The van der Waals surface area contributed by atoms with Crippen LogP contribution >= 0.6 is 0 Å². The van der Waals surface area contributed by atoms with Gasteiger partial charge < -0.3 is 15.5 Å². The molecule has 0 aliphatic carbocycles. The van der Waals surface area contributed by atoms with E-state index < -0.39 is 5.54 Å². The monoisotopic (exact) mass is 237 g/mol. The molecule has 1 aromatic carbocycles. The van der Waals surface area contributed by atoms with E-state index in [0.717, 1.165) is 0 Å². The average Bonchev–Trinajstić information content (AvgIpc) is 2.36. The van der Waals surface area contributed by atoms with E-state index in [2.05, 4.69) is 5.32 Å². The van der Waals surface area contributed by atoms with Gasteiger partial charge in [0.2, 0.25) is 0 Å². The van der Waals surface area contributed by atoms with E-state index in [4.69, 9.17) is 0 Å². The van der Waals surface area contributed by atoms with Gasteiger partial charge in [0, 0.05) is 5.56 Å². The molecule has 17 heavy (non-hydrogen) atoms. The number of aliphatic hydroxyl groups excluding tert-OH is 1. The van der Waals surface area contributed by atoms with E-state index in [-0.39, 0.29) is 18.3 Å². The summed E-state index contributed by atoms with van der Waals surface area (Å²) in [6.45, 7) is 3.75. The van der Waals surface area contributed by atoms with E-state index in [9.17, 15) is 15.0 Å². The van der Waals surface area contributed by atoms with Gasteiger partial charge in [0.1, 0.15) is 5.75 Å². The van der Waals surface area contributed by atoms with Crippen molar-refractivity contribution in [2.75, 3.05) is 6.61 Å². The second kappa shape index (κ2) is 5.68. The summed E-state index contributed by atoms with van der Waals surface area (Å²) in [5.41, 5.74) is -0.188. The van der Waals surface area contributed by atoms with Crippen molar-refractivity contribution in [3.63, 3.8) is 0 Å². The molecule has 4 nitrogen and oxygen atoms in total. The van der Waals surface area contributed by atoms with Gasteiger partial charge in [0.05, 0.1) is 12.1 Å². The molecule has 4 heteroatoms. The van der Waals surface area contributed by atoms with E-state index in [1.165, 1.54) is 12.1 Å². The molecule has 0 atom stereocenters. The minimum absolute atomic E-state index is 0.0558. The molecule has 0 fully saturated rings. The fourth-order valence-electron chi connectivity index (χ4n) is 1.65.